The van der Waals surface area contributed by atoms with E-state index in [2.05, 4.69) is 25.5 Å². The molecule has 10 heteroatoms. The Morgan fingerprint density at radius 3 is 2.54 bits per heavy atom. The standard InChI is InChI=1S/C16H12FN5O.C2H3N.2ClH/c1-16(14-13(17)7-18-8-19-14)12-3-2-9(10-5-20-21-6-10)4-11(12)15(23)22-16;1-2-3;;/h2-8H,1H3,(H,20,21)(H,22,23);1H3;2*1H/t16-;;;/m1.../s1. The van der Waals surface area contributed by atoms with Crippen molar-refractivity contribution in [2.45, 2.75) is 19.4 Å². The summed E-state index contributed by atoms with van der Waals surface area (Å²) in [5, 5.41) is 16.8. The van der Waals surface area contributed by atoms with E-state index in [1.165, 1.54) is 13.3 Å². The van der Waals surface area contributed by atoms with Gasteiger partial charge in [-0.15, -0.1) is 24.8 Å². The number of carbonyl (C=O) groups excluding carboxylic acids is 1. The van der Waals surface area contributed by atoms with Gasteiger partial charge in [0.15, 0.2) is 5.82 Å². The van der Waals surface area contributed by atoms with Crippen LogP contribution >= 0.6 is 24.8 Å². The Hall–Kier alpha value is -3.02. The van der Waals surface area contributed by atoms with E-state index in [1.54, 1.807) is 31.5 Å². The van der Waals surface area contributed by atoms with Crippen LogP contribution in [0.1, 0.15) is 35.5 Å². The van der Waals surface area contributed by atoms with Gasteiger partial charge in [-0.1, -0.05) is 12.1 Å². The Bertz CT molecular complexity index is 1010. The van der Waals surface area contributed by atoms with Crippen molar-refractivity contribution in [1.29, 1.82) is 5.26 Å². The van der Waals surface area contributed by atoms with Crippen LogP contribution in [-0.4, -0.2) is 26.1 Å². The number of carbonyl (C=O) groups is 1. The number of fused-ring (bicyclic) bond motifs is 1. The molecule has 146 valence electrons. The molecule has 4 rings (SSSR count). The zero-order valence-electron chi connectivity index (χ0n) is 14.9. The van der Waals surface area contributed by atoms with Crippen molar-refractivity contribution < 1.29 is 9.18 Å². The summed E-state index contributed by atoms with van der Waals surface area (Å²) >= 11 is 0. The lowest BCUT2D eigenvalue weighted by atomic mass is 9.87. The lowest BCUT2D eigenvalue weighted by Crippen LogP contribution is -2.39. The van der Waals surface area contributed by atoms with E-state index in [1.807, 2.05) is 12.1 Å². The van der Waals surface area contributed by atoms with Crippen LogP contribution in [0.3, 0.4) is 0 Å². The van der Waals surface area contributed by atoms with Gasteiger partial charge in [-0.25, -0.2) is 14.4 Å². The smallest absolute Gasteiger partial charge is 0.252 e. The van der Waals surface area contributed by atoms with E-state index in [4.69, 9.17) is 5.26 Å². The largest absolute Gasteiger partial charge is 0.337 e. The average Bonchev–Trinajstić information content (AvgIpc) is 3.24. The van der Waals surface area contributed by atoms with Crippen molar-refractivity contribution in [2.75, 3.05) is 0 Å². The number of rotatable bonds is 2. The van der Waals surface area contributed by atoms with Gasteiger partial charge in [0.1, 0.15) is 17.6 Å². The number of halogens is 3. The van der Waals surface area contributed by atoms with E-state index in [9.17, 15) is 9.18 Å². The summed E-state index contributed by atoms with van der Waals surface area (Å²) in [5.74, 6) is -0.812. The molecule has 1 amide bonds. The molecule has 1 aliphatic heterocycles. The van der Waals surface area contributed by atoms with Gasteiger partial charge in [0, 0.05) is 24.2 Å². The molecule has 0 aliphatic carbocycles. The minimum Gasteiger partial charge on any atom is -0.337 e. The fraction of sp³-hybridized carbons (Fsp3) is 0.167. The summed E-state index contributed by atoms with van der Waals surface area (Å²) in [7, 11) is 0. The molecular weight excluding hydrogens is 406 g/mol. The van der Waals surface area contributed by atoms with Gasteiger partial charge in [0.2, 0.25) is 0 Å². The summed E-state index contributed by atoms with van der Waals surface area (Å²) in [5.41, 5.74) is 2.06. The van der Waals surface area contributed by atoms with Gasteiger partial charge < -0.3 is 5.32 Å². The van der Waals surface area contributed by atoms with Crippen LogP contribution in [0.25, 0.3) is 11.1 Å². The highest BCUT2D eigenvalue weighted by molar-refractivity contribution is 6.01. The fourth-order valence-electron chi connectivity index (χ4n) is 2.99. The summed E-state index contributed by atoms with van der Waals surface area (Å²) in [6.07, 6.45) is 5.79. The first-order valence-corrected chi connectivity index (χ1v) is 7.74. The zero-order chi connectivity index (χ0) is 18.7. The van der Waals surface area contributed by atoms with Crippen LogP contribution in [0, 0.1) is 17.1 Å². The molecule has 3 aromatic rings. The van der Waals surface area contributed by atoms with Crippen molar-refractivity contribution in [1.82, 2.24) is 25.5 Å². The van der Waals surface area contributed by atoms with Crippen LogP contribution < -0.4 is 5.32 Å². The number of amides is 1. The molecule has 1 aliphatic rings. The lowest BCUT2D eigenvalue weighted by Gasteiger charge is -2.25. The Kier molecular flexibility index (Phi) is 7.61. The van der Waals surface area contributed by atoms with Gasteiger partial charge in [-0.05, 0) is 24.1 Å². The van der Waals surface area contributed by atoms with Crippen LogP contribution in [0.15, 0.2) is 43.1 Å². The first kappa shape index (κ1) is 23.0. The maximum atomic E-state index is 14.1. The highest BCUT2D eigenvalue weighted by Gasteiger charge is 2.43. The molecule has 2 N–H and O–H groups in total. The highest BCUT2D eigenvalue weighted by atomic mass is 35.5. The summed E-state index contributed by atoms with van der Waals surface area (Å²) in [6.45, 7) is 3.17. The average molecular weight is 423 g/mol. The minimum absolute atomic E-state index is 0. The van der Waals surface area contributed by atoms with Crippen molar-refractivity contribution in [3.8, 4) is 17.2 Å². The van der Waals surface area contributed by atoms with Gasteiger partial charge in [-0.3, -0.25) is 9.89 Å². The molecule has 2 aromatic heterocycles. The molecule has 0 saturated heterocycles. The monoisotopic (exact) mass is 422 g/mol. The maximum Gasteiger partial charge on any atom is 0.252 e. The number of hydrogen-bond donors (Lipinski definition) is 2. The number of hydrogen-bond acceptors (Lipinski definition) is 5. The molecule has 0 spiro atoms. The van der Waals surface area contributed by atoms with Gasteiger partial charge in [-0.2, -0.15) is 10.4 Å². The molecule has 7 nitrogen and oxygen atoms in total. The van der Waals surface area contributed by atoms with E-state index in [-0.39, 0.29) is 36.4 Å². The molecule has 1 atom stereocenters. The van der Waals surface area contributed by atoms with Crippen LogP contribution in [0.2, 0.25) is 0 Å². The second-order valence-electron chi connectivity index (χ2n) is 5.77. The predicted molar refractivity (Wildman–Crippen MR) is 106 cm³/mol. The molecular formula is C18H17Cl2FN6O. The first-order valence-electron chi connectivity index (χ1n) is 7.74. The van der Waals surface area contributed by atoms with Crippen molar-refractivity contribution in [3.05, 3.63) is 65.8 Å². The number of nitrogens with one attached hydrogen (secondary N) is 2. The van der Waals surface area contributed by atoms with Crippen molar-refractivity contribution in [3.63, 3.8) is 0 Å². The Morgan fingerprint density at radius 1 is 1.21 bits per heavy atom. The molecule has 0 fully saturated rings. The third-order valence-electron chi connectivity index (χ3n) is 4.14. The quantitative estimate of drug-likeness (QED) is 0.657. The minimum atomic E-state index is -1.02. The van der Waals surface area contributed by atoms with E-state index in [0.717, 1.165) is 17.3 Å². The molecule has 0 radical (unpaired) electrons. The van der Waals surface area contributed by atoms with Crippen molar-refractivity contribution in [2.24, 2.45) is 0 Å². The van der Waals surface area contributed by atoms with Crippen LogP contribution in [0.5, 0.6) is 0 Å². The van der Waals surface area contributed by atoms with E-state index >= 15 is 0 Å². The number of H-pyrrole nitrogens is 1. The second-order valence-corrected chi connectivity index (χ2v) is 5.77. The van der Waals surface area contributed by atoms with Crippen LogP contribution in [0.4, 0.5) is 4.39 Å². The third kappa shape index (κ3) is 3.96. The van der Waals surface area contributed by atoms with Gasteiger partial charge in [0.05, 0.1) is 18.5 Å². The summed E-state index contributed by atoms with van der Waals surface area (Å²) in [6, 6.07) is 7.22. The second kappa shape index (κ2) is 9.26. The Labute approximate surface area is 173 Å². The van der Waals surface area contributed by atoms with Gasteiger partial charge >= 0.3 is 0 Å². The van der Waals surface area contributed by atoms with E-state index < -0.39 is 11.4 Å². The Balaban J connectivity index is 0.000000739. The molecule has 28 heavy (non-hydrogen) atoms. The normalized spacial score (nSPS) is 16.3. The molecule has 1 aromatic carbocycles. The van der Waals surface area contributed by atoms with E-state index in [0.29, 0.717) is 11.1 Å². The predicted octanol–water partition coefficient (Wildman–Crippen LogP) is 3.39. The summed E-state index contributed by atoms with van der Waals surface area (Å²) < 4.78 is 14.1. The zero-order valence-corrected chi connectivity index (χ0v) is 16.6. The fourth-order valence-corrected chi connectivity index (χ4v) is 2.99. The first-order chi connectivity index (χ1) is 12.5. The molecule has 0 saturated carbocycles. The Morgan fingerprint density at radius 2 is 1.93 bits per heavy atom. The SMILES string of the molecule is CC#N.C[C@@]1(c2ncncc2F)NC(=O)c2cc(-c3cn[nH]c3)ccc21.Cl.Cl. The molecule has 0 bridgehead atoms. The number of benzene rings is 1. The topological polar surface area (TPSA) is 107 Å². The number of nitrogens with zero attached hydrogens (tertiary/aromatic N) is 4. The van der Waals surface area contributed by atoms with Crippen LogP contribution in [-0.2, 0) is 5.54 Å². The number of aromatic nitrogens is 4. The van der Waals surface area contributed by atoms with Gasteiger partial charge in [0.25, 0.3) is 5.91 Å². The highest BCUT2D eigenvalue weighted by Crippen LogP contribution is 2.38. The molecule has 3 heterocycles. The number of aromatic amines is 1. The maximum absolute atomic E-state index is 14.1. The lowest BCUT2D eigenvalue weighted by molar-refractivity contribution is 0.0943. The molecule has 0 unspecified atom stereocenters. The summed E-state index contributed by atoms with van der Waals surface area (Å²) in [4.78, 5) is 20.1. The third-order valence-corrected chi connectivity index (χ3v) is 4.14. The number of nitriles is 1. The van der Waals surface area contributed by atoms with Crippen molar-refractivity contribution >= 4 is 30.7 Å².